The van der Waals surface area contributed by atoms with Crippen LogP contribution in [0.15, 0.2) is 42.6 Å². The zero-order chi connectivity index (χ0) is 20.1. The molecule has 1 fully saturated rings. The van der Waals surface area contributed by atoms with E-state index in [1.54, 1.807) is 4.90 Å². The number of carbonyl (C=O) groups excluding carboxylic acids is 2. The molecule has 1 aliphatic rings. The molecule has 0 aliphatic carbocycles. The highest BCUT2D eigenvalue weighted by Gasteiger charge is 2.30. The number of aromatic nitrogens is 1. The van der Waals surface area contributed by atoms with Gasteiger partial charge in [-0.3, -0.25) is 4.79 Å². The van der Waals surface area contributed by atoms with Gasteiger partial charge in [0.05, 0.1) is 5.56 Å². The lowest BCUT2D eigenvalue weighted by molar-refractivity contribution is -0.137. The number of halogens is 3. The van der Waals surface area contributed by atoms with Gasteiger partial charge in [-0.25, -0.2) is 9.78 Å². The Morgan fingerprint density at radius 3 is 2.61 bits per heavy atom. The Labute approximate surface area is 159 Å². The summed E-state index contributed by atoms with van der Waals surface area (Å²) < 4.78 is 43.7. The van der Waals surface area contributed by atoms with E-state index in [0.717, 1.165) is 25.0 Å². The highest BCUT2D eigenvalue weighted by Crippen LogP contribution is 2.31. The lowest BCUT2D eigenvalue weighted by atomic mass is 10.2. The molecule has 1 amide bonds. The third kappa shape index (κ3) is 4.79. The highest BCUT2D eigenvalue weighted by molar-refractivity contribution is 5.96. The summed E-state index contributed by atoms with van der Waals surface area (Å²) in [5, 5.41) is 2.70. The third-order valence-corrected chi connectivity index (χ3v) is 4.27. The van der Waals surface area contributed by atoms with E-state index in [0.29, 0.717) is 13.1 Å². The first kappa shape index (κ1) is 19.7. The van der Waals surface area contributed by atoms with Gasteiger partial charge >= 0.3 is 12.1 Å². The smallest absolute Gasteiger partial charge is 0.416 e. The van der Waals surface area contributed by atoms with Crippen LogP contribution in [-0.2, 0) is 15.7 Å². The van der Waals surface area contributed by atoms with Crippen molar-refractivity contribution in [3.8, 4) is 0 Å². The number of hydrogen-bond donors (Lipinski definition) is 1. The summed E-state index contributed by atoms with van der Waals surface area (Å²) in [7, 11) is 0. The maximum atomic E-state index is 12.9. The number of carbonyl (C=O) groups is 2. The second-order valence-corrected chi connectivity index (χ2v) is 6.27. The number of hydrogen-bond acceptors (Lipinski definition) is 5. The molecule has 1 aromatic carbocycles. The van der Waals surface area contributed by atoms with Crippen LogP contribution in [0.4, 0.5) is 24.7 Å². The highest BCUT2D eigenvalue weighted by atomic mass is 19.4. The number of nitrogens with one attached hydrogen (secondary N) is 1. The number of nitrogens with zero attached hydrogens (tertiary/aromatic N) is 2. The van der Waals surface area contributed by atoms with Gasteiger partial charge in [-0.05, 0) is 43.2 Å². The number of rotatable bonds is 5. The van der Waals surface area contributed by atoms with E-state index >= 15 is 0 Å². The van der Waals surface area contributed by atoms with E-state index in [1.807, 2.05) is 0 Å². The van der Waals surface area contributed by atoms with Crippen LogP contribution < -0.4 is 5.32 Å². The fourth-order valence-electron chi connectivity index (χ4n) is 2.84. The molecule has 0 bridgehead atoms. The lowest BCUT2D eigenvalue weighted by Gasteiger charge is -2.16. The normalized spacial score (nSPS) is 14.0. The maximum Gasteiger partial charge on any atom is 0.416 e. The Morgan fingerprint density at radius 1 is 1.14 bits per heavy atom. The van der Waals surface area contributed by atoms with Crippen molar-refractivity contribution in [3.05, 3.63) is 53.7 Å². The summed E-state index contributed by atoms with van der Waals surface area (Å²) in [6.45, 7) is 0.897. The Bertz CT molecular complexity index is 865. The van der Waals surface area contributed by atoms with Gasteiger partial charge in [-0.1, -0.05) is 6.07 Å². The van der Waals surface area contributed by atoms with E-state index < -0.39 is 24.3 Å². The molecule has 6 nitrogen and oxygen atoms in total. The largest absolute Gasteiger partial charge is 0.452 e. The fraction of sp³-hybridized carbons (Fsp3) is 0.316. The minimum absolute atomic E-state index is 0.0223. The molecule has 0 radical (unpaired) electrons. The van der Waals surface area contributed by atoms with Crippen molar-refractivity contribution in [2.45, 2.75) is 19.0 Å². The Kier molecular flexibility index (Phi) is 5.81. The number of alkyl halides is 3. The standard InChI is InChI=1S/C19H18F3N3O3/c20-19(21,22)13-5-3-6-14(11-13)24-17-15(7-4-8-23-17)18(27)28-12-16(26)25-9-1-2-10-25/h3-8,11H,1-2,9-10,12H2,(H,23,24). The van der Waals surface area contributed by atoms with Gasteiger partial charge in [0.2, 0.25) is 0 Å². The Hall–Kier alpha value is -3.10. The summed E-state index contributed by atoms with van der Waals surface area (Å²) in [4.78, 5) is 30.0. The minimum atomic E-state index is -4.49. The number of likely N-dealkylation sites (tertiary alicyclic amines) is 1. The SMILES string of the molecule is O=C(OCC(=O)N1CCCC1)c1cccnc1Nc1cccc(C(F)(F)F)c1. The summed E-state index contributed by atoms with van der Waals surface area (Å²) in [6.07, 6.45) is -1.25. The first-order chi connectivity index (χ1) is 13.3. The van der Waals surface area contributed by atoms with Gasteiger partial charge in [0, 0.05) is 25.0 Å². The van der Waals surface area contributed by atoms with Gasteiger partial charge in [-0.2, -0.15) is 13.2 Å². The molecule has 148 valence electrons. The predicted octanol–water partition coefficient (Wildman–Crippen LogP) is 3.62. The zero-order valence-corrected chi connectivity index (χ0v) is 14.8. The van der Waals surface area contributed by atoms with Crippen LogP contribution in [0.1, 0.15) is 28.8 Å². The fourth-order valence-corrected chi connectivity index (χ4v) is 2.84. The average Bonchev–Trinajstić information content (AvgIpc) is 3.21. The van der Waals surface area contributed by atoms with E-state index in [9.17, 15) is 22.8 Å². The summed E-state index contributed by atoms with van der Waals surface area (Å²) in [5.41, 5.74) is -0.682. The van der Waals surface area contributed by atoms with Gasteiger partial charge in [0.25, 0.3) is 5.91 Å². The topological polar surface area (TPSA) is 71.5 Å². The Morgan fingerprint density at radius 2 is 1.89 bits per heavy atom. The monoisotopic (exact) mass is 393 g/mol. The number of ether oxygens (including phenoxy) is 1. The maximum absolute atomic E-state index is 12.9. The van der Waals surface area contributed by atoms with Crippen LogP contribution >= 0.6 is 0 Å². The van der Waals surface area contributed by atoms with Crippen molar-refractivity contribution >= 4 is 23.4 Å². The number of anilines is 2. The lowest BCUT2D eigenvalue weighted by Crippen LogP contribution is -2.32. The molecular formula is C19H18F3N3O3. The van der Waals surface area contributed by atoms with Crippen LogP contribution in [0.5, 0.6) is 0 Å². The Balaban J connectivity index is 1.70. The molecule has 1 aliphatic heterocycles. The molecule has 2 aromatic rings. The van der Waals surface area contributed by atoms with Gasteiger partial charge in [-0.15, -0.1) is 0 Å². The molecule has 1 N–H and O–H groups in total. The van der Waals surface area contributed by atoms with Crippen molar-refractivity contribution in [1.29, 1.82) is 0 Å². The molecule has 0 saturated carbocycles. The van der Waals surface area contributed by atoms with Crippen molar-refractivity contribution < 1.29 is 27.5 Å². The van der Waals surface area contributed by atoms with Crippen molar-refractivity contribution in [2.75, 3.05) is 25.0 Å². The second-order valence-electron chi connectivity index (χ2n) is 6.27. The summed E-state index contributed by atoms with van der Waals surface area (Å²) >= 11 is 0. The first-order valence-corrected chi connectivity index (χ1v) is 8.69. The number of amides is 1. The molecule has 0 atom stereocenters. The summed E-state index contributed by atoms with van der Waals surface area (Å²) in [5.74, 6) is -1.02. The number of benzene rings is 1. The molecule has 1 aromatic heterocycles. The van der Waals surface area contributed by atoms with Gasteiger partial charge < -0.3 is 15.0 Å². The van der Waals surface area contributed by atoms with Crippen molar-refractivity contribution in [2.24, 2.45) is 0 Å². The number of esters is 1. The second kappa shape index (κ2) is 8.28. The van der Waals surface area contributed by atoms with Gasteiger partial charge in [0.1, 0.15) is 11.4 Å². The molecule has 2 heterocycles. The van der Waals surface area contributed by atoms with Crippen LogP contribution in [0.2, 0.25) is 0 Å². The van der Waals surface area contributed by atoms with Crippen molar-refractivity contribution in [3.63, 3.8) is 0 Å². The molecule has 1 saturated heterocycles. The van der Waals surface area contributed by atoms with E-state index in [1.165, 1.54) is 30.5 Å². The third-order valence-electron chi connectivity index (χ3n) is 4.27. The number of pyridine rings is 1. The molecular weight excluding hydrogens is 375 g/mol. The van der Waals surface area contributed by atoms with Crippen LogP contribution in [0.3, 0.4) is 0 Å². The first-order valence-electron chi connectivity index (χ1n) is 8.69. The molecule has 9 heteroatoms. The van der Waals surface area contributed by atoms with Crippen LogP contribution in [-0.4, -0.2) is 41.5 Å². The average molecular weight is 393 g/mol. The van der Waals surface area contributed by atoms with E-state index in [2.05, 4.69) is 10.3 Å². The minimum Gasteiger partial charge on any atom is -0.452 e. The predicted molar refractivity (Wildman–Crippen MR) is 95.1 cm³/mol. The van der Waals surface area contributed by atoms with Crippen LogP contribution in [0.25, 0.3) is 0 Å². The van der Waals surface area contributed by atoms with E-state index in [4.69, 9.17) is 4.74 Å². The van der Waals surface area contributed by atoms with Crippen molar-refractivity contribution in [1.82, 2.24) is 9.88 Å². The molecule has 28 heavy (non-hydrogen) atoms. The summed E-state index contributed by atoms with van der Waals surface area (Å²) in [6, 6.07) is 7.46. The molecule has 0 spiro atoms. The van der Waals surface area contributed by atoms with Gasteiger partial charge in [0.15, 0.2) is 6.61 Å². The molecule has 3 rings (SSSR count). The zero-order valence-electron chi connectivity index (χ0n) is 14.8. The van der Waals surface area contributed by atoms with Crippen LogP contribution in [0, 0.1) is 0 Å². The molecule has 0 unspecified atom stereocenters. The van der Waals surface area contributed by atoms with E-state index in [-0.39, 0.29) is 23.0 Å². The quantitative estimate of drug-likeness (QED) is 0.786.